The van der Waals surface area contributed by atoms with Gasteiger partial charge in [0.2, 0.25) is 0 Å². The van der Waals surface area contributed by atoms with Crippen molar-refractivity contribution in [3.63, 3.8) is 0 Å². The van der Waals surface area contributed by atoms with Crippen LogP contribution in [0.5, 0.6) is 0 Å². The van der Waals surface area contributed by atoms with E-state index in [4.69, 9.17) is 5.26 Å². The molecule has 0 atom stereocenters. The van der Waals surface area contributed by atoms with E-state index >= 15 is 0 Å². The molecule has 0 N–H and O–H groups in total. The highest BCUT2D eigenvalue weighted by Crippen LogP contribution is 2.07. The summed E-state index contributed by atoms with van der Waals surface area (Å²) in [5.74, 6) is -0.162. The Bertz CT molecular complexity index is 619. The SMILES string of the molecule is CN(Cc1ccccn1)C(=O)c1ccnc(C#N)c1. The molecule has 0 fully saturated rings. The van der Waals surface area contributed by atoms with Crippen LogP contribution >= 0.6 is 0 Å². The van der Waals surface area contributed by atoms with E-state index in [9.17, 15) is 4.79 Å². The highest BCUT2D eigenvalue weighted by molar-refractivity contribution is 5.94. The Hall–Kier alpha value is -2.74. The van der Waals surface area contributed by atoms with Crippen LogP contribution in [0.4, 0.5) is 0 Å². The van der Waals surface area contributed by atoms with E-state index in [0.717, 1.165) is 5.69 Å². The van der Waals surface area contributed by atoms with Crippen LogP contribution in [0.25, 0.3) is 0 Å². The fourth-order valence-electron chi connectivity index (χ4n) is 1.65. The number of rotatable bonds is 3. The number of carbonyl (C=O) groups excluding carboxylic acids is 1. The van der Waals surface area contributed by atoms with Gasteiger partial charge in [-0.3, -0.25) is 9.78 Å². The van der Waals surface area contributed by atoms with Crippen molar-refractivity contribution in [1.82, 2.24) is 14.9 Å². The molecule has 0 radical (unpaired) electrons. The molecule has 5 nitrogen and oxygen atoms in total. The number of hydrogen-bond donors (Lipinski definition) is 0. The third-order valence-corrected chi connectivity index (χ3v) is 2.59. The van der Waals surface area contributed by atoms with E-state index in [1.54, 1.807) is 24.2 Å². The summed E-state index contributed by atoms with van der Waals surface area (Å²) in [5, 5.41) is 8.77. The van der Waals surface area contributed by atoms with Gasteiger partial charge in [-0.15, -0.1) is 0 Å². The van der Waals surface area contributed by atoms with Gasteiger partial charge in [0.05, 0.1) is 12.2 Å². The highest BCUT2D eigenvalue weighted by Gasteiger charge is 2.13. The number of nitrogens with zero attached hydrogens (tertiary/aromatic N) is 4. The first kappa shape index (κ1) is 12.7. The van der Waals surface area contributed by atoms with Crippen LogP contribution in [0.3, 0.4) is 0 Å². The highest BCUT2D eigenvalue weighted by atomic mass is 16.2. The van der Waals surface area contributed by atoms with Gasteiger partial charge in [0, 0.05) is 25.0 Å². The van der Waals surface area contributed by atoms with Crippen LogP contribution in [0, 0.1) is 11.3 Å². The molecule has 2 rings (SSSR count). The maximum Gasteiger partial charge on any atom is 0.254 e. The summed E-state index contributed by atoms with van der Waals surface area (Å²) in [4.78, 5) is 21.7. The molecule has 0 saturated heterocycles. The first-order valence-electron chi connectivity index (χ1n) is 5.72. The Balaban J connectivity index is 2.13. The molecular weight excluding hydrogens is 240 g/mol. The molecule has 19 heavy (non-hydrogen) atoms. The standard InChI is InChI=1S/C14H12N4O/c1-18(10-12-4-2-3-6-16-12)14(19)11-5-7-17-13(8-11)9-15/h2-8H,10H2,1H3. The summed E-state index contributed by atoms with van der Waals surface area (Å²) in [6, 6.07) is 10.6. The summed E-state index contributed by atoms with van der Waals surface area (Å²) >= 11 is 0. The summed E-state index contributed by atoms with van der Waals surface area (Å²) < 4.78 is 0. The fraction of sp³-hybridized carbons (Fsp3) is 0.143. The normalized spacial score (nSPS) is 9.68. The van der Waals surface area contributed by atoms with Crippen molar-refractivity contribution in [3.05, 3.63) is 59.7 Å². The van der Waals surface area contributed by atoms with Gasteiger partial charge in [0.25, 0.3) is 5.91 Å². The Morgan fingerprint density at radius 1 is 1.32 bits per heavy atom. The van der Waals surface area contributed by atoms with Gasteiger partial charge in [0.1, 0.15) is 11.8 Å². The zero-order chi connectivity index (χ0) is 13.7. The van der Waals surface area contributed by atoms with Crippen LogP contribution in [-0.4, -0.2) is 27.8 Å². The first-order chi connectivity index (χ1) is 9.20. The van der Waals surface area contributed by atoms with Crippen molar-refractivity contribution < 1.29 is 4.79 Å². The second kappa shape index (κ2) is 5.74. The number of pyridine rings is 2. The van der Waals surface area contributed by atoms with Gasteiger partial charge in [0.15, 0.2) is 0 Å². The van der Waals surface area contributed by atoms with E-state index in [2.05, 4.69) is 9.97 Å². The zero-order valence-electron chi connectivity index (χ0n) is 10.4. The van der Waals surface area contributed by atoms with Crippen LogP contribution in [0.1, 0.15) is 21.7 Å². The van der Waals surface area contributed by atoms with Crippen molar-refractivity contribution in [2.24, 2.45) is 0 Å². The molecule has 0 spiro atoms. The van der Waals surface area contributed by atoms with Crippen LogP contribution in [0.2, 0.25) is 0 Å². The average Bonchev–Trinajstić information content (AvgIpc) is 2.47. The number of nitriles is 1. The minimum atomic E-state index is -0.162. The second-order valence-corrected chi connectivity index (χ2v) is 4.02. The van der Waals surface area contributed by atoms with Crippen molar-refractivity contribution in [2.45, 2.75) is 6.54 Å². The van der Waals surface area contributed by atoms with Gasteiger partial charge in [-0.05, 0) is 24.3 Å². The number of carbonyl (C=O) groups is 1. The molecular formula is C14H12N4O. The molecule has 1 amide bonds. The lowest BCUT2D eigenvalue weighted by Gasteiger charge is -2.16. The van der Waals surface area contributed by atoms with Crippen LogP contribution < -0.4 is 0 Å². The quantitative estimate of drug-likeness (QED) is 0.832. The fourth-order valence-corrected chi connectivity index (χ4v) is 1.65. The van der Waals surface area contributed by atoms with E-state index in [1.165, 1.54) is 12.3 Å². The minimum Gasteiger partial charge on any atom is -0.336 e. The van der Waals surface area contributed by atoms with Crippen LogP contribution in [0.15, 0.2) is 42.7 Å². The zero-order valence-corrected chi connectivity index (χ0v) is 10.4. The molecule has 0 unspecified atom stereocenters. The number of amides is 1. The summed E-state index contributed by atoms with van der Waals surface area (Å²) in [7, 11) is 1.70. The average molecular weight is 252 g/mol. The van der Waals surface area contributed by atoms with Gasteiger partial charge >= 0.3 is 0 Å². The second-order valence-electron chi connectivity index (χ2n) is 4.02. The molecule has 2 aromatic rings. The van der Waals surface area contributed by atoms with Crippen molar-refractivity contribution >= 4 is 5.91 Å². The summed E-state index contributed by atoms with van der Waals surface area (Å²) in [6.07, 6.45) is 3.15. The molecule has 2 heterocycles. The van der Waals surface area contributed by atoms with Crippen molar-refractivity contribution in [2.75, 3.05) is 7.05 Å². The van der Waals surface area contributed by atoms with Crippen LogP contribution in [-0.2, 0) is 6.54 Å². The maximum atomic E-state index is 12.2. The van der Waals surface area contributed by atoms with Gasteiger partial charge in [-0.2, -0.15) is 5.26 Å². The topological polar surface area (TPSA) is 69.9 Å². The summed E-state index contributed by atoms with van der Waals surface area (Å²) in [5.41, 5.74) is 1.50. The predicted octanol–water partition coefficient (Wildman–Crippen LogP) is 1.62. The number of hydrogen-bond acceptors (Lipinski definition) is 4. The Kier molecular flexibility index (Phi) is 3.84. The molecule has 0 saturated carbocycles. The van der Waals surface area contributed by atoms with Gasteiger partial charge in [-0.25, -0.2) is 4.98 Å². The van der Waals surface area contributed by atoms with Crippen molar-refractivity contribution in [1.29, 1.82) is 5.26 Å². The predicted molar refractivity (Wildman–Crippen MR) is 69.0 cm³/mol. The third kappa shape index (κ3) is 3.13. The first-order valence-corrected chi connectivity index (χ1v) is 5.72. The maximum absolute atomic E-state index is 12.2. The third-order valence-electron chi connectivity index (χ3n) is 2.59. The minimum absolute atomic E-state index is 0.162. The molecule has 0 aliphatic carbocycles. The molecule has 0 aliphatic heterocycles. The van der Waals surface area contributed by atoms with E-state index < -0.39 is 0 Å². The molecule has 5 heteroatoms. The molecule has 2 aromatic heterocycles. The van der Waals surface area contributed by atoms with E-state index in [-0.39, 0.29) is 11.6 Å². The van der Waals surface area contributed by atoms with E-state index in [1.807, 2.05) is 24.3 Å². The smallest absolute Gasteiger partial charge is 0.254 e. The lowest BCUT2D eigenvalue weighted by atomic mass is 10.2. The summed E-state index contributed by atoms with van der Waals surface area (Å²) in [6.45, 7) is 0.421. The van der Waals surface area contributed by atoms with Gasteiger partial charge < -0.3 is 4.90 Å². The Labute approximate surface area is 111 Å². The molecule has 0 aliphatic rings. The number of aromatic nitrogens is 2. The lowest BCUT2D eigenvalue weighted by Crippen LogP contribution is -2.26. The van der Waals surface area contributed by atoms with E-state index in [0.29, 0.717) is 12.1 Å². The monoisotopic (exact) mass is 252 g/mol. The van der Waals surface area contributed by atoms with Gasteiger partial charge in [-0.1, -0.05) is 6.07 Å². The Morgan fingerprint density at radius 3 is 2.84 bits per heavy atom. The Morgan fingerprint density at radius 2 is 2.16 bits per heavy atom. The lowest BCUT2D eigenvalue weighted by molar-refractivity contribution is 0.0783. The molecule has 0 aromatic carbocycles. The molecule has 0 bridgehead atoms. The molecule has 94 valence electrons. The largest absolute Gasteiger partial charge is 0.336 e. The van der Waals surface area contributed by atoms with Crippen molar-refractivity contribution in [3.8, 4) is 6.07 Å².